The molecule has 0 saturated carbocycles. The van der Waals surface area contributed by atoms with Crippen LogP contribution < -0.4 is 15.4 Å². The molecule has 1 aromatic carbocycles. The third-order valence-corrected chi connectivity index (χ3v) is 4.46. The van der Waals surface area contributed by atoms with Crippen molar-refractivity contribution in [2.24, 2.45) is 10.9 Å². The van der Waals surface area contributed by atoms with Gasteiger partial charge < -0.3 is 15.4 Å². The van der Waals surface area contributed by atoms with E-state index in [0.717, 1.165) is 19.2 Å². The van der Waals surface area contributed by atoms with Crippen molar-refractivity contribution >= 4 is 29.9 Å². The maximum absolute atomic E-state index is 13.5. The number of likely N-dealkylation sites (tertiary alicyclic amines) is 1. The Labute approximate surface area is 171 Å². The van der Waals surface area contributed by atoms with Crippen molar-refractivity contribution in [1.82, 2.24) is 15.5 Å². The van der Waals surface area contributed by atoms with E-state index in [1.807, 2.05) is 0 Å². The summed E-state index contributed by atoms with van der Waals surface area (Å²) in [5.41, 5.74) is 0. The van der Waals surface area contributed by atoms with E-state index in [2.05, 4.69) is 41.3 Å². The lowest BCUT2D eigenvalue weighted by Crippen LogP contribution is -2.47. The molecule has 1 saturated heterocycles. The maximum atomic E-state index is 13.5. The Morgan fingerprint density at radius 3 is 2.65 bits per heavy atom. The Kier molecular flexibility index (Phi) is 9.56. The molecule has 1 aliphatic heterocycles. The quantitative estimate of drug-likeness (QED) is 0.284. The predicted molar refractivity (Wildman–Crippen MR) is 111 cm³/mol. The van der Waals surface area contributed by atoms with Gasteiger partial charge in [-0.05, 0) is 31.9 Å². The van der Waals surface area contributed by atoms with Crippen molar-refractivity contribution in [2.45, 2.75) is 32.9 Å². The number of ether oxygens (including phenoxy) is 1. The van der Waals surface area contributed by atoms with Crippen LogP contribution in [0.15, 0.2) is 23.2 Å². The summed E-state index contributed by atoms with van der Waals surface area (Å²) in [6, 6.07) is 4.14. The molecule has 2 unspecified atom stereocenters. The zero-order valence-corrected chi connectivity index (χ0v) is 18.1. The molecular formula is C18H29F2IN4O. The van der Waals surface area contributed by atoms with Gasteiger partial charge in [-0.25, -0.2) is 8.78 Å². The molecule has 1 aromatic rings. The number of guanidine groups is 1. The van der Waals surface area contributed by atoms with E-state index < -0.39 is 11.6 Å². The highest BCUT2D eigenvalue weighted by Crippen LogP contribution is 2.19. The highest BCUT2D eigenvalue weighted by atomic mass is 127. The van der Waals surface area contributed by atoms with Crippen molar-refractivity contribution in [3.8, 4) is 5.75 Å². The molecule has 2 rings (SSSR count). The highest BCUT2D eigenvalue weighted by molar-refractivity contribution is 14.0. The molecule has 0 aromatic heterocycles. The fraction of sp³-hybridized carbons (Fsp3) is 0.611. The smallest absolute Gasteiger partial charge is 0.191 e. The summed E-state index contributed by atoms with van der Waals surface area (Å²) in [6.45, 7) is 9.40. The third-order valence-electron chi connectivity index (χ3n) is 4.46. The largest absolute Gasteiger partial charge is 0.489 e. The molecule has 5 nitrogen and oxygen atoms in total. The minimum Gasteiger partial charge on any atom is -0.489 e. The Morgan fingerprint density at radius 2 is 2.08 bits per heavy atom. The van der Waals surface area contributed by atoms with Crippen LogP contribution >= 0.6 is 24.0 Å². The van der Waals surface area contributed by atoms with Crippen LogP contribution in [-0.2, 0) is 0 Å². The average molecular weight is 482 g/mol. The Bertz CT molecular complexity index is 601. The molecule has 8 heteroatoms. The fourth-order valence-corrected chi connectivity index (χ4v) is 2.91. The van der Waals surface area contributed by atoms with Gasteiger partial charge >= 0.3 is 0 Å². The molecular weight excluding hydrogens is 453 g/mol. The van der Waals surface area contributed by atoms with Crippen molar-refractivity contribution in [3.05, 3.63) is 29.8 Å². The monoisotopic (exact) mass is 482 g/mol. The first-order valence-electron chi connectivity index (χ1n) is 8.69. The van der Waals surface area contributed by atoms with Crippen LogP contribution in [-0.4, -0.2) is 56.2 Å². The summed E-state index contributed by atoms with van der Waals surface area (Å²) in [5, 5.41) is 6.60. The van der Waals surface area contributed by atoms with Gasteiger partial charge in [0.25, 0.3) is 0 Å². The topological polar surface area (TPSA) is 48.9 Å². The van der Waals surface area contributed by atoms with E-state index in [1.54, 1.807) is 7.05 Å². The Hall–Kier alpha value is -1.16. The van der Waals surface area contributed by atoms with Crippen molar-refractivity contribution in [1.29, 1.82) is 0 Å². The SMILES string of the molecule is CN=C(NCCOc1ccc(F)cc1F)NC1CN(C(C)C)CC1C.I. The highest BCUT2D eigenvalue weighted by Gasteiger charge is 2.31. The maximum Gasteiger partial charge on any atom is 0.191 e. The molecule has 0 spiro atoms. The number of halogens is 3. The van der Waals surface area contributed by atoms with Crippen molar-refractivity contribution in [3.63, 3.8) is 0 Å². The van der Waals surface area contributed by atoms with Crippen molar-refractivity contribution in [2.75, 3.05) is 33.3 Å². The lowest BCUT2D eigenvalue weighted by molar-refractivity contribution is 0.265. The first-order chi connectivity index (χ1) is 11.9. The molecule has 2 N–H and O–H groups in total. The first-order valence-corrected chi connectivity index (χ1v) is 8.69. The lowest BCUT2D eigenvalue weighted by Gasteiger charge is -2.22. The minimum absolute atomic E-state index is 0. The molecule has 0 amide bonds. The molecule has 0 radical (unpaired) electrons. The second-order valence-corrected chi connectivity index (χ2v) is 6.70. The molecule has 148 valence electrons. The number of hydrogen-bond donors (Lipinski definition) is 2. The zero-order chi connectivity index (χ0) is 18.4. The van der Waals surface area contributed by atoms with Gasteiger partial charge in [-0.1, -0.05) is 6.92 Å². The van der Waals surface area contributed by atoms with E-state index in [1.165, 1.54) is 12.1 Å². The summed E-state index contributed by atoms with van der Waals surface area (Å²) >= 11 is 0. The van der Waals surface area contributed by atoms with Gasteiger partial charge in [0.1, 0.15) is 12.4 Å². The lowest BCUT2D eigenvalue weighted by atomic mass is 10.1. The van der Waals surface area contributed by atoms with Gasteiger partial charge in [0.05, 0.1) is 6.54 Å². The molecule has 0 aliphatic carbocycles. The van der Waals surface area contributed by atoms with Gasteiger partial charge in [0, 0.05) is 38.3 Å². The standard InChI is InChI=1S/C18H28F2N4O.HI/c1-12(2)24-10-13(3)16(11-24)23-18(21-4)22-7-8-25-17-6-5-14(19)9-15(17)20;/h5-6,9,12-13,16H,7-8,10-11H2,1-4H3,(H2,21,22,23);1H. The average Bonchev–Trinajstić information content (AvgIpc) is 2.93. The molecule has 1 aliphatic rings. The summed E-state index contributed by atoms with van der Waals surface area (Å²) in [4.78, 5) is 6.67. The third kappa shape index (κ3) is 6.53. The molecule has 0 bridgehead atoms. The van der Waals surface area contributed by atoms with Crippen LogP contribution in [0.25, 0.3) is 0 Å². The second-order valence-electron chi connectivity index (χ2n) is 6.70. The van der Waals surface area contributed by atoms with E-state index in [9.17, 15) is 8.78 Å². The number of rotatable bonds is 6. The van der Waals surface area contributed by atoms with Crippen LogP contribution in [0.1, 0.15) is 20.8 Å². The van der Waals surface area contributed by atoms with Crippen LogP contribution in [0.3, 0.4) is 0 Å². The molecule has 1 heterocycles. The number of aliphatic imine (C=N–C) groups is 1. The Morgan fingerprint density at radius 1 is 1.35 bits per heavy atom. The number of nitrogens with one attached hydrogen (secondary N) is 2. The van der Waals surface area contributed by atoms with Gasteiger partial charge in [-0.15, -0.1) is 24.0 Å². The first kappa shape index (κ1) is 22.9. The van der Waals surface area contributed by atoms with Gasteiger partial charge in [0.2, 0.25) is 0 Å². The van der Waals surface area contributed by atoms with E-state index in [4.69, 9.17) is 4.74 Å². The summed E-state index contributed by atoms with van der Waals surface area (Å²) in [5.74, 6) is -0.0379. The number of benzene rings is 1. The number of hydrogen-bond acceptors (Lipinski definition) is 3. The van der Waals surface area contributed by atoms with Crippen LogP contribution in [0.4, 0.5) is 8.78 Å². The van der Waals surface area contributed by atoms with Crippen LogP contribution in [0.2, 0.25) is 0 Å². The predicted octanol–water partition coefficient (Wildman–Crippen LogP) is 2.86. The minimum atomic E-state index is -0.698. The second kappa shape index (κ2) is 10.9. The van der Waals surface area contributed by atoms with E-state index >= 15 is 0 Å². The van der Waals surface area contributed by atoms with Gasteiger partial charge in [-0.3, -0.25) is 9.89 Å². The van der Waals surface area contributed by atoms with Crippen LogP contribution in [0, 0.1) is 17.6 Å². The molecule has 1 fully saturated rings. The van der Waals surface area contributed by atoms with Crippen molar-refractivity contribution < 1.29 is 13.5 Å². The molecule has 2 atom stereocenters. The van der Waals surface area contributed by atoms with Gasteiger partial charge in [0.15, 0.2) is 17.5 Å². The Balaban J connectivity index is 0.00000338. The molecule has 26 heavy (non-hydrogen) atoms. The van der Waals surface area contributed by atoms with E-state index in [0.29, 0.717) is 30.5 Å². The summed E-state index contributed by atoms with van der Waals surface area (Å²) in [6.07, 6.45) is 0. The summed E-state index contributed by atoms with van der Waals surface area (Å²) < 4.78 is 31.7. The normalized spacial score (nSPS) is 20.8. The fourth-order valence-electron chi connectivity index (χ4n) is 2.91. The summed E-state index contributed by atoms with van der Waals surface area (Å²) in [7, 11) is 1.72. The zero-order valence-electron chi connectivity index (χ0n) is 15.8. The number of nitrogens with zero attached hydrogens (tertiary/aromatic N) is 2. The van der Waals surface area contributed by atoms with Gasteiger partial charge in [-0.2, -0.15) is 0 Å². The van der Waals surface area contributed by atoms with Crippen LogP contribution in [0.5, 0.6) is 5.75 Å². The van der Waals surface area contributed by atoms with E-state index in [-0.39, 0.29) is 36.3 Å².